The highest BCUT2D eigenvalue weighted by atomic mass is 32.2. The largest absolute Gasteiger partial charge is 0.352 e. The number of fused-ring (bicyclic) bond motifs is 1. The van der Waals surface area contributed by atoms with Crippen molar-refractivity contribution in [2.45, 2.75) is 63.4 Å². The normalized spacial score (nSPS) is 30.9. The number of thioether (sulfide) groups is 1. The molecule has 1 aliphatic heterocycles. The minimum absolute atomic E-state index is 0.0270. The van der Waals surface area contributed by atoms with E-state index in [1.54, 1.807) is 4.90 Å². The van der Waals surface area contributed by atoms with Gasteiger partial charge in [-0.1, -0.05) is 30.0 Å². The summed E-state index contributed by atoms with van der Waals surface area (Å²) in [6, 6.07) is 10.1. The van der Waals surface area contributed by atoms with E-state index in [4.69, 9.17) is 5.10 Å². The third-order valence-electron chi connectivity index (χ3n) is 8.58. The summed E-state index contributed by atoms with van der Waals surface area (Å²) in [5.41, 5.74) is 2.77. The minimum Gasteiger partial charge on any atom is -0.352 e. The Morgan fingerprint density at radius 3 is 2.42 bits per heavy atom. The molecule has 0 unspecified atom stereocenters. The highest BCUT2D eigenvalue weighted by Crippen LogP contribution is 2.61. The molecule has 5 aliphatic rings. The molecule has 7 heteroatoms. The molecule has 2 heterocycles. The molecule has 0 radical (unpaired) electrons. The van der Waals surface area contributed by atoms with Gasteiger partial charge in [0.25, 0.3) is 0 Å². The van der Waals surface area contributed by atoms with Crippen LogP contribution >= 0.6 is 11.8 Å². The highest BCUT2D eigenvalue weighted by molar-refractivity contribution is 8.00. The molecular weight excluding hydrogens is 432 g/mol. The summed E-state index contributed by atoms with van der Waals surface area (Å²) in [6.45, 7) is 4.17. The molecule has 2 amide bonds. The van der Waals surface area contributed by atoms with Gasteiger partial charge in [0.05, 0.1) is 22.8 Å². The second kappa shape index (κ2) is 7.90. The molecule has 174 valence electrons. The van der Waals surface area contributed by atoms with Gasteiger partial charge < -0.3 is 5.32 Å². The molecule has 1 aromatic carbocycles. The predicted octanol–water partition coefficient (Wildman–Crippen LogP) is 4.34. The van der Waals surface area contributed by atoms with Gasteiger partial charge in [0, 0.05) is 6.04 Å². The van der Waals surface area contributed by atoms with E-state index in [9.17, 15) is 9.59 Å². The van der Waals surface area contributed by atoms with Crippen molar-refractivity contribution in [2.24, 2.45) is 23.2 Å². The zero-order valence-electron chi connectivity index (χ0n) is 19.4. The lowest BCUT2D eigenvalue weighted by molar-refractivity contribution is -0.126. The Balaban J connectivity index is 1.21. The van der Waals surface area contributed by atoms with Crippen molar-refractivity contribution in [3.05, 3.63) is 36.0 Å². The summed E-state index contributed by atoms with van der Waals surface area (Å²) in [5.74, 6) is 2.79. The SMILES string of the molecule is Cc1nn(-c2ccccc2)c2c1N(CC(=O)N[C@@H](C)C13CC4CC(CC(C4)C1)C3)C(=O)CS2. The molecule has 1 aromatic heterocycles. The topological polar surface area (TPSA) is 67.2 Å². The van der Waals surface area contributed by atoms with Gasteiger partial charge in [0.2, 0.25) is 11.8 Å². The molecule has 4 fully saturated rings. The van der Waals surface area contributed by atoms with E-state index in [1.807, 2.05) is 41.9 Å². The number of anilines is 1. The second-order valence-corrected chi connectivity index (χ2v) is 11.8. The fourth-order valence-electron chi connectivity index (χ4n) is 7.47. The molecule has 1 atom stereocenters. The summed E-state index contributed by atoms with van der Waals surface area (Å²) in [4.78, 5) is 27.8. The van der Waals surface area contributed by atoms with Crippen molar-refractivity contribution in [3.8, 4) is 5.69 Å². The first-order valence-corrected chi connectivity index (χ1v) is 13.3. The number of nitrogens with one attached hydrogen (secondary N) is 1. The van der Waals surface area contributed by atoms with Crippen LogP contribution in [-0.4, -0.2) is 39.9 Å². The van der Waals surface area contributed by atoms with E-state index in [0.29, 0.717) is 5.75 Å². The molecule has 2 aromatic rings. The van der Waals surface area contributed by atoms with Gasteiger partial charge in [-0.05, 0) is 87.7 Å². The molecular formula is C26H32N4O2S. The number of rotatable bonds is 5. The average molecular weight is 465 g/mol. The molecule has 0 spiro atoms. The van der Waals surface area contributed by atoms with Crippen LogP contribution in [0.1, 0.15) is 51.1 Å². The Hall–Kier alpha value is -2.28. The van der Waals surface area contributed by atoms with E-state index in [2.05, 4.69) is 12.2 Å². The lowest BCUT2D eigenvalue weighted by Crippen LogP contribution is -2.57. The van der Waals surface area contributed by atoms with Crippen molar-refractivity contribution in [3.63, 3.8) is 0 Å². The van der Waals surface area contributed by atoms with Gasteiger partial charge in [-0.15, -0.1) is 0 Å². The quantitative estimate of drug-likeness (QED) is 0.715. The zero-order chi connectivity index (χ0) is 22.7. The molecule has 1 N–H and O–H groups in total. The van der Waals surface area contributed by atoms with E-state index in [1.165, 1.54) is 50.3 Å². The van der Waals surface area contributed by atoms with Crippen LogP contribution in [0, 0.1) is 30.1 Å². The second-order valence-electron chi connectivity index (χ2n) is 10.8. The van der Waals surface area contributed by atoms with Crippen LogP contribution in [0.3, 0.4) is 0 Å². The molecule has 6 nitrogen and oxygen atoms in total. The lowest BCUT2D eigenvalue weighted by atomic mass is 9.48. The first kappa shape index (κ1) is 21.3. The number of amides is 2. The predicted molar refractivity (Wildman–Crippen MR) is 130 cm³/mol. The number of carbonyl (C=O) groups is 2. The fourth-order valence-corrected chi connectivity index (χ4v) is 8.55. The number of aryl methyl sites for hydroxylation is 1. The maximum Gasteiger partial charge on any atom is 0.240 e. The maximum absolute atomic E-state index is 13.2. The molecule has 4 aliphatic carbocycles. The van der Waals surface area contributed by atoms with Crippen LogP contribution in [-0.2, 0) is 9.59 Å². The summed E-state index contributed by atoms with van der Waals surface area (Å²) in [7, 11) is 0. The fraction of sp³-hybridized carbons (Fsp3) is 0.577. The summed E-state index contributed by atoms with van der Waals surface area (Å²) < 4.78 is 1.89. The third kappa shape index (κ3) is 3.59. The monoisotopic (exact) mass is 464 g/mol. The van der Waals surface area contributed by atoms with Crippen LogP contribution < -0.4 is 10.2 Å². The number of hydrogen-bond acceptors (Lipinski definition) is 4. The van der Waals surface area contributed by atoms with Gasteiger partial charge in [0.15, 0.2) is 0 Å². The standard InChI is InChI=1S/C26H32N4O2S/c1-16-24-25(30(28-16)21-6-4-3-5-7-21)33-15-23(32)29(24)14-22(31)27-17(2)26-11-18-8-19(12-26)10-20(9-18)13-26/h3-7,17-20H,8-15H2,1-2H3,(H,27,31)/t17-,18?,19?,20?,26?/m0/s1. The molecule has 4 saturated carbocycles. The summed E-state index contributed by atoms with van der Waals surface area (Å²) in [6.07, 6.45) is 7.96. The number of benzene rings is 1. The first-order valence-electron chi connectivity index (χ1n) is 12.3. The van der Waals surface area contributed by atoms with Crippen molar-refractivity contribution >= 4 is 29.3 Å². The Labute approximate surface area is 199 Å². The van der Waals surface area contributed by atoms with E-state index in [0.717, 1.165) is 39.8 Å². The first-order chi connectivity index (χ1) is 15.9. The van der Waals surface area contributed by atoms with Gasteiger partial charge in [-0.25, -0.2) is 4.68 Å². The summed E-state index contributed by atoms with van der Waals surface area (Å²) >= 11 is 1.50. The number of nitrogens with zero attached hydrogens (tertiary/aromatic N) is 3. The van der Waals surface area contributed by atoms with Gasteiger partial charge >= 0.3 is 0 Å². The maximum atomic E-state index is 13.2. The number of hydrogen-bond donors (Lipinski definition) is 1. The van der Waals surface area contributed by atoms with Gasteiger partial charge in [-0.2, -0.15) is 5.10 Å². The lowest BCUT2D eigenvalue weighted by Gasteiger charge is -2.59. The zero-order valence-corrected chi connectivity index (χ0v) is 20.2. The smallest absolute Gasteiger partial charge is 0.240 e. The Morgan fingerprint density at radius 1 is 1.15 bits per heavy atom. The van der Waals surface area contributed by atoms with Gasteiger partial charge in [-0.3, -0.25) is 14.5 Å². The molecule has 7 rings (SSSR count). The number of carbonyl (C=O) groups excluding carboxylic acids is 2. The van der Waals surface area contributed by atoms with Crippen LogP contribution in [0.25, 0.3) is 5.69 Å². The summed E-state index contributed by atoms with van der Waals surface area (Å²) in [5, 5.41) is 8.97. The highest BCUT2D eigenvalue weighted by Gasteiger charge is 2.53. The van der Waals surface area contributed by atoms with E-state index >= 15 is 0 Å². The van der Waals surface area contributed by atoms with E-state index < -0.39 is 0 Å². The Bertz CT molecular complexity index is 1060. The van der Waals surface area contributed by atoms with Crippen molar-refractivity contribution < 1.29 is 9.59 Å². The molecule has 0 saturated heterocycles. The Kier molecular flexibility index (Phi) is 5.09. The third-order valence-corrected chi connectivity index (χ3v) is 9.61. The van der Waals surface area contributed by atoms with Crippen molar-refractivity contribution in [2.75, 3.05) is 17.2 Å². The van der Waals surface area contributed by atoms with Gasteiger partial charge in [0.1, 0.15) is 11.6 Å². The van der Waals surface area contributed by atoms with Crippen LogP contribution in [0.4, 0.5) is 5.69 Å². The Morgan fingerprint density at radius 2 is 1.79 bits per heavy atom. The van der Waals surface area contributed by atoms with Crippen molar-refractivity contribution in [1.29, 1.82) is 0 Å². The molecule has 33 heavy (non-hydrogen) atoms. The van der Waals surface area contributed by atoms with Crippen molar-refractivity contribution in [1.82, 2.24) is 15.1 Å². The number of aromatic nitrogens is 2. The van der Waals surface area contributed by atoms with Crippen LogP contribution in [0.5, 0.6) is 0 Å². The van der Waals surface area contributed by atoms with Crippen LogP contribution in [0.15, 0.2) is 35.4 Å². The van der Waals surface area contributed by atoms with Crippen LogP contribution in [0.2, 0.25) is 0 Å². The minimum atomic E-state index is -0.0590. The van der Waals surface area contributed by atoms with E-state index in [-0.39, 0.29) is 29.8 Å². The molecule has 4 bridgehead atoms. The average Bonchev–Trinajstić information content (AvgIpc) is 3.12. The number of para-hydroxylation sites is 1.